The topological polar surface area (TPSA) is 115 Å². The van der Waals surface area contributed by atoms with Crippen molar-refractivity contribution >= 4 is 15.8 Å². The van der Waals surface area contributed by atoms with Crippen LogP contribution in [0, 0.1) is 5.82 Å². The third kappa shape index (κ3) is 7.59. The summed E-state index contributed by atoms with van der Waals surface area (Å²) in [4.78, 5) is 26.8. The number of ether oxygens (including phenoxy) is 1. The highest BCUT2D eigenvalue weighted by molar-refractivity contribution is 7.89. The Bertz CT molecular complexity index is 1570. The van der Waals surface area contributed by atoms with Gasteiger partial charge in [-0.05, 0) is 43.7 Å². The van der Waals surface area contributed by atoms with Gasteiger partial charge in [0.15, 0.2) is 12.4 Å². The van der Waals surface area contributed by atoms with Crippen LogP contribution in [0.3, 0.4) is 0 Å². The number of Topliss-reactive ketones (excluding diaryl/α,β-unsaturated/α-hetero) is 1. The second-order valence-electron chi connectivity index (χ2n) is 9.49. The first-order chi connectivity index (χ1) is 20.0. The summed E-state index contributed by atoms with van der Waals surface area (Å²) in [5, 5.41) is 0. The number of nitrogens with zero attached hydrogens (tertiary/aromatic N) is 5. The van der Waals surface area contributed by atoms with E-state index in [1.54, 1.807) is 0 Å². The Balaban J connectivity index is 1.59. The zero-order chi connectivity index (χ0) is 31.7. The smallest absolute Gasteiger partial charge is 0.451 e. The predicted molar refractivity (Wildman–Crippen MR) is 131 cm³/mol. The molecule has 0 aliphatic carbocycles. The molecule has 232 valence electrons. The van der Waals surface area contributed by atoms with Crippen LogP contribution < -0.4 is 4.74 Å². The maximum atomic E-state index is 14.7. The van der Waals surface area contributed by atoms with Gasteiger partial charge in [0.2, 0.25) is 15.8 Å². The molecule has 0 bridgehead atoms. The van der Waals surface area contributed by atoms with Crippen molar-refractivity contribution in [3.05, 3.63) is 60.1 Å². The van der Waals surface area contributed by atoms with Gasteiger partial charge in [0, 0.05) is 36.5 Å². The summed E-state index contributed by atoms with van der Waals surface area (Å²) in [6.45, 7) is -0.529. The second kappa shape index (κ2) is 12.1. The van der Waals surface area contributed by atoms with Gasteiger partial charge in [-0.2, -0.15) is 35.6 Å². The molecule has 0 amide bonds. The number of sulfonamides is 1. The molecule has 0 N–H and O–H groups in total. The van der Waals surface area contributed by atoms with Gasteiger partial charge in [0.1, 0.15) is 12.0 Å². The number of hydrogen-bond acceptors (Lipinski definition) is 8. The quantitative estimate of drug-likeness (QED) is 0.309. The normalized spacial score (nSPS) is 19.9. The van der Waals surface area contributed by atoms with Crippen LogP contribution in [0.4, 0.5) is 35.1 Å². The zero-order valence-corrected chi connectivity index (χ0v) is 22.7. The number of aryl methyl sites for hydroxylation is 1. The average molecular weight is 640 g/mol. The number of ketones is 1. The van der Waals surface area contributed by atoms with Crippen LogP contribution >= 0.6 is 0 Å². The molecule has 43 heavy (non-hydrogen) atoms. The van der Waals surface area contributed by atoms with Crippen molar-refractivity contribution in [1.29, 1.82) is 0 Å². The van der Waals surface area contributed by atoms with Crippen molar-refractivity contribution in [2.24, 2.45) is 0 Å². The molecule has 0 saturated carbocycles. The summed E-state index contributed by atoms with van der Waals surface area (Å²) in [5.41, 5.74) is -0.449. The first kappa shape index (κ1) is 32.1. The number of halogens is 8. The molecule has 1 aromatic carbocycles. The van der Waals surface area contributed by atoms with E-state index in [4.69, 9.17) is 0 Å². The van der Waals surface area contributed by atoms with Crippen molar-refractivity contribution in [2.75, 3.05) is 6.61 Å². The van der Waals surface area contributed by atoms with Crippen molar-refractivity contribution in [3.8, 4) is 17.3 Å². The Morgan fingerprint density at radius 3 is 2.26 bits per heavy atom. The molecule has 1 fully saturated rings. The van der Waals surface area contributed by atoms with Crippen molar-refractivity contribution in [3.63, 3.8) is 0 Å². The van der Waals surface area contributed by atoms with Crippen molar-refractivity contribution < 1.29 is 53.1 Å². The molecule has 4 rings (SSSR count). The van der Waals surface area contributed by atoms with Crippen LogP contribution in [0.5, 0.6) is 6.01 Å². The van der Waals surface area contributed by atoms with E-state index in [2.05, 4.69) is 24.7 Å². The number of benzene rings is 1. The fraction of sp³-hybridized carbons (Fsp3) is 0.400. The largest absolute Gasteiger partial charge is 0.454 e. The van der Waals surface area contributed by atoms with Gasteiger partial charge >= 0.3 is 18.4 Å². The molecule has 0 spiro atoms. The highest BCUT2D eigenvalue weighted by Crippen LogP contribution is 2.34. The van der Waals surface area contributed by atoms with E-state index in [0.717, 1.165) is 42.7 Å². The lowest BCUT2D eigenvalue weighted by Gasteiger charge is -2.26. The number of carbonyl (C=O) groups excluding carboxylic acids is 1. The monoisotopic (exact) mass is 639 g/mol. The van der Waals surface area contributed by atoms with Crippen LogP contribution in [0.15, 0.2) is 47.6 Å². The maximum Gasteiger partial charge on any atom is 0.451 e. The molecule has 18 heteroatoms. The summed E-state index contributed by atoms with van der Waals surface area (Å²) in [6, 6.07) is 1.38. The number of aromatic nitrogens is 4. The lowest BCUT2D eigenvalue weighted by molar-refractivity contribution is -0.154. The van der Waals surface area contributed by atoms with E-state index in [0.29, 0.717) is 4.31 Å². The molecule has 2 aromatic heterocycles. The summed E-state index contributed by atoms with van der Waals surface area (Å²) >= 11 is 0. The van der Waals surface area contributed by atoms with Gasteiger partial charge in [-0.1, -0.05) is 0 Å². The molecule has 3 atom stereocenters. The molecule has 1 aliphatic rings. The number of hydrogen-bond donors (Lipinski definition) is 0. The van der Waals surface area contributed by atoms with Gasteiger partial charge in [-0.25, -0.2) is 32.2 Å². The van der Waals surface area contributed by atoms with E-state index in [1.165, 1.54) is 6.92 Å². The fourth-order valence-electron chi connectivity index (χ4n) is 4.33. The van der Waals surface area contributed by atoms with E-state index in [1.807, 2.05) is 0 Å². The Morgan fingerprint density at radius 2 is 1.67 bits per heavy atom. The molecule has 9 nitrogen and oxygen atoms in total. The first-order valence-corrected chi connectivity index (χ1v) is 13.8. The Labute approximate surface area is 239 Å². The summed E-state index contributed by atoms with van der Waals surface area (Å²) in [6.07, 6.45) is -11.1. The standard InChI is InChI=1S/C25H21F8N5O4S/c1-13-18(27)9-20(38(13)43(40,41)17-5-2-15(26)3-6-17)21(39)7-4-16-8-19(37-23(36-16)42-12-24(28,29)30)14-10-34-22(35-11-14)25(31,32)33/h2-3,5-6,8,10-11,13,18,20H,4,7,9,12H2,1H3/t13-,18+,20-/m0/s1. The van der Waals surface area contributed by atoms with Crippen LogP contribution in [-0.4, -0.2) is 69.5 Å². The van der Waals surface area contributed by atoms with Crippen molar-refractivity contribution in [1.82, 2.24) is 24.2 Å². The number of rotatable bonds is 9. The third-order valence-corrected chi connectivity index (χ3v) is 8.40. The van der Waals surface area contributed by atoms with Crippen LogP contribution in [0.2, 0.25) is 0 Å². The summed E-state index contributed by atoms with van der Waals surface area (Å²) in [5.74, 6) is -2.93. The maximum absolute atomic E-state index is 14.7. The van der Waals surface area contributed by atoms with Crippen LogP contribution in [-0.2, 0) is 27.4 Å². The van der Waals surface area contributed by atoms with Gasteiger partial charge in [-0.15, -0.1) is 0 Å². The van der Waals surface area contributed by atoms with Gasteiger partial charge < -0.3 is 4.74 Å². The molecule has 1 aliphatic heterocycles. The van der Waals surface area contributed by atoms with Gasteiger partial charge in [0.25, 0.3) is 0 Å². The Morgan fingerprint density at radius 1 is 1.05 bits per heavy atom. The lowest BCUT2D eigenvalue weighted by Crippen LogP contribution is -2.44. The van der Waals surface area contributed by atoms with Crippen LogP contribution in [0.1, 0.15) is 31.3 Å². The number of alkyl halides is 7. The molecule has 1 saturated heterocycles. The molecule has 0 radical (unpaired) electrons. The molecule has 3 heterocycles. The predicted octanol–water partition coefficient (Wildman–Crippen LogP) is 4.72. The van der Waals surface area contributed by atoms with E-state index < -0.39 is 83.5 Å². The van der Waals surface area contributed by atoms with Crippen LogP contribution in [0.25, 0.3) is 11.3 Å². The molecule has 3 aromatic rings. The highest BCUT2D eigenvalue weighted by atomic mass is 32.2. The van der Waals surface area contributed by atoms with Crippen molar-refractivity contribution in [2.45, 2.75) is 61.7 Å². The highest BCUT2D eigenvalue weighted by Gasteiger charge is 2.48. The number of carbonyl (C=O) groups is 1. The van der Waals surface area contributed by atoms with E-state index >= 15 is 0 Å². The summed E-state index contributed by atoms with van der Waals surface area (Å²) < 4.78 is 137. The Kier molecular flexibility index (Phi) is 9.01. The van der Waals surface area contributed by atoms with Gasteiger partial charge in [0.05, 0.1) is 22.7 Å². The second-order valence-corrected chi connectivity index (χ2v) is 11.3. The lowest BCUT2D eigenvalue weighted by atomic mass is 10.0. The molecule has 0 unspecified atom stereocenters. The zero-order valence-electron chi connectivity index (χ0n) is 21.9. The van der Waals surface area contributed by atoms with Gasteiger partial charge in [-0.3, -0.25) is 4.79 Å². The minimum atomic E-state index is -4.86. The first-order valence-electron chi connectivity index (χ1n) is 12.4. The molecular weight excluding hydrogens is 618 g/mol. The fourth-order valence-corrected chi connectivity index (χ4v) is 6.16. The average Bonchev–Trinajstić information content (AvgIpc) is 3.24. The third-order valence-electron chi connectivity index (χ3n) is 6.39. The molecular formula is C25H21F8N5O4S. The minimum absolute atomic E-state index is 0.0915. The summed E-state index contributed by atoms with van der Waals surface area (Å²) in [7, 11) is -4.44. The SMILES string of the molecule is C[C@H]1[C@H](F)C[C@@H](C(=O)CCc2cc(-c3cnc(C(F)(F)F)nc3)nc(OCC(F)(F)F)n2)N1S(=O)(=O)c1ccc(F)cc1. The minimum Gasteiger partial charge on any atom is -0.454 e. The Hall–Kier alpha value is -3.80. The van der Waals surface area contributed by atoms with E-state index in [9.17, 15) is 48.3 Å². The van der Waals surface area contributed by atoms with E-state index in [-0.39, 0.29) is 28.3 Å².